The first-order valence-electron chi connectivity index (χ1n) is 5.24. The van der Waals surface area contributed by atoms with Crippen LogP contribution in [0.5, 0.6) is 0 Å². The maximum Gasteiger partial charge on any atom is 0.350 e. The van der Waals surface area contributed by atoms with Crippen molar-refractivity contribution in [3.63, 3.8) is 0 Å². The van der Waals surface area contributed by atoms with Gasteiger partial charge in [-0.15, -0.1) is 0 Å². The molecular weight excluding hydrogens is 274 g/mol. The zero-order chi connectivity index (χ0) is 13.1. The van der Waals surface area contributed by atoms with Crippen molar-refractivity contribution >= 4 is 28.9 Å². The number of aryl methyl sites for hydroxylation is 1. The molecule has 0 saturated carbocycles. The molecule has 7 heteroatoms. The summed E-state index contributed by atoms with van der Waals surface area (Å²) >= 11 is 6.92. The van der Waals surface area contributed by atoms with Crippen molar-refractivity contribution < 1.29 is 9.53 Å². The number of ether oxygens (including phenoxy) is 1. The summed E-state index contributed by atoms with van der Waals surface area (Å²) in [6.45, 7) is 3.87. The number of esters is 1. The summed E-state index contributed by atoms with van der Waals surface area (Å²) in [6, 6.07) is 0. The number of nitrogens with zero attached hydrogens (tertiary/aromatic N) is 3. The first-order valence-corrected chi connectivity index (χ1v) is 6.43. The molecule has 2 aromatic rings. The number of hydrogen-bond acceptors (Lipinski definition) is 6. The van der Waals surface area contributed by atoms with E-state index in [1.54, 1.807) is 19.3 Å². The van der Waals surface area contributed by atoms with Crippen LogP contribution in [0.3, 0.4) is 0 Å². The Morgan fingerprint density at radius 1 is 1.44 bits per heavy atom. The molecule has 0 N–H and O–H groups in total. The summed E-state index contributed by atoms with van der Waals surface area (Å²) in [7, 11) is 0. The van der Waals surface area contributed by atoms with Gasteiger partial charge in [-0.3, -0.25) is 9.97 Å². The smallest absolute Gasteiger partial charge is 0.350 e. The van der Waals surface area contributed by atoms with E-state index in [0.29, 0.717) is 22.9 Å². The van der Waals surface area contributed by atoms with Gasteiger partial charge < -0.3 is 4.74 Å². The fourth-order valence-electron chi connectivity index (χ4n) is 1.32. The average molecular weight is 284 g/mol. The molecule has 18 heavy (non-hydrogen) atoms. The average Bonchev–Trinajstić information content (AvgIpc) is 2.73. The number of halogens is 1. The van der Waals surface area contributed by atoms with Gasteiger partial charge in [0.05, 0.1) is 18.5 Å². The molecule has 5 nitrogen and oxygen atoms in total. The molecule has 0 aliphatic carbocycles. The van der Waals surface area contributed by atoms with Crippen molar-refractivity contribution in [1.29, 1.82) is 0 Å². The molecule has 0 spiro atoms. The minimum Gasteiger partial charge on any atom is -0.462 e. The molecule has 0 aliphatic rings. The standard InChI is InChI=1S/C11H10ClN3O2S/c1-3-17-10(16)9-8(15-11(12)18-9)7-5-13-6(2)4-14-7/h4-5H,3H2,1-2H3. The van der Waals surface area contributed by atoms with Crippen LogP contribution in [0.4, 0.5) is 0 Å². The fraction of sp³-hybridized carbons (Fsp3) is 0.273. The number of rotatable bonds is 3. The van der Waals surface area contributed by atoms with Crippen LogP contribution in [0.25, 0.3) is 11.4 Å². The molecule has 94 valence electrons. The minimum atomic E-state index is -0.445. The molecule has 0 unspecified atom stereocenters. The molecule has 0 aliphatic heterocycles. The van der Waals surface area contributed by atoms with Gasteiger partial charge in [-0.05, 0) is 13.8 Å². The molecule has 0 amide bonds. The topological polar surface area (TPSA) is 65.0 Å². The number of hydrogen-bond donors (Lipinski definition) is 0. The van der Waals surface area contributed by atoms with Crippen LogP contribution in [-0.4, -0.2) is 27.5 Å². The highest BCUT2D eigenvalue weighted by molar-refractivity contribution is 7.17. The summed E-state index contributed by atoms with van der Waals surface area (Å²) in [5.74, 6) is -0.445. The molecule has 0 radical (unpaired) electrons. The number of aromatic nitrogens is 3. The second-order valence-electron chi connectivity index (χ2n) is 3.41. The SMILES string of the molecule is CCOC(=O)c1sc(Cl)nc1-c1cnc(C)cn1. The summed E-state index contributed by atoms with van der Waals surface area (Å²) in [4.78, 5) is 24.5. The quantitative estimate of drug-likeness (QED) is 0.811. The van der Waals surface area contributed by atoms with Crippen LogP contribution in [0.15, 0.2) is 12.4 Å². The molecule has 2 heterocycles. The summed E-state index contributed by atoms with van der Waals surface area (Å²) in [5.41, 5.74) is 1.71. The van der Waals surface area contributed by atoms with Crippen LogP contribution in [0, 0.1) is 6.92 Å². The highest BCUT2D eigenvalue weighted by Crippen LogP contribution is 2.30. The lowest BCUT2D eigenvalue weighted by Gasteiger charge is -2.01. The van der Waals surface area contributed by atoms with E-state index >= 15 is 0 Å². The van der Waals surface area contributed by atoms with Gasteiger partial charge in [-0.1, -0.05) is 22.9 Å². The van der Waals surface area contributed by atoms with E-state index in [1.807, 2.05) is 6.92 Å². The third-order valence-corrected chi connectivity index (χ3v) is 3.23. The molecule has 2 aromatic heterocycles. The van der Waals surface area contributed by atoms with Crippen molar-refractivity contribution in [2.45, 2.75) is 13.8 Å². The van der Waals surface area contributed by atoms with E-state index in [1.165, 1.54) is 0 Å². The highest BCUT2D eigenvalue weighted by atomic mass is 35.5. The van der Waals surface area contributed by atoms with Gasteiger partial charge >= 0.3 is 5.97 Å². The van der Waals surface area contributed by atoms with Crippen LogP contribution < -0.4 is 0 Å². The van der Waals surface area contributed by atoms with Crippen LogP contribution >= 0.6 is 22.9 Å². The summed E-state index contributed by atoms with van der Waals surface area (Å²) in [5, 5.41) is 0. The number of carbonyl (C=O) groups excluding carboxylic acids is 1. The highest BCUT2D eigenvalue weighted by Gasteiger charge is 2.20. The van der Waals surface area contributed by atoms with Crippen molar-refractivity contribution in [3.8, 4) is 11.4 Å². The molecular formula is C11H10ClN3O2S. The van der Waals surface area contributed by atoms with Gasteiger partial charge in [-0.25, -0.2) is 9.78 Å². The molecule has 0 fully saturated rings. The Labute approximate surface area is 113 Å². The lowest BCUT2D eigenvalue weighted by Crippen LogP contribution is -2.04. The Kier molecular flexibility index (Phi) is 3.88. The summed E-state index contributed by atoms with van der Waals surface area (Å²) < 4.78 is 5.23. The van der Waals surface area contributed by atoms with Crippen LogP contribution in [0.2, 0.25) is 4.47 Å². The van der Waals surface area contributed by atoms with Gasteiger partial charge in [0.2, 0.25) is 0 Å². The lowest BCUT2D eigenvalue weighted by atomic mass is 10.3. The van der Waals surface area contributed by atoms with Crippen LogP contribution in [0.1, 0.15) is 22.3 Å². The Balaban J connectivity index is 2.44. The predicted octanol–water partition coefficient (Wildman–Crippen LogP) is 2.74. The maximum absolute atomic E-state index is 11.8. The van der Waals surface area contributed by atoms with Gasteiger partial charge in [-0.2, -0.15) is 0 Å². The van der Waals surface area contributed by atoms with Gasteiger partial charge in [0.15, 0.2) is 4.47 Å². The Morgan fingerprint density at radius 2 is 2.22 bits per heavy atom. The maximum atomic E-state index is 11.8. The van der Waals surface area contributed by atoms with Crippen molar-refractivity contribution in [1.82, 2.24) is 15.0 Å². The Bertz CT molecular complexity index is 568. The van der Waals surface area contributed by atoms with Gasteiger partial charge in [0.25, 0.3) is 0 Å². The van der Waals surface area contributed by atoms with E-state index in [2.05, 4.69) is 15.0 Å². The van der Waals surface area contributed by atoms with Gasteiger partial charge in [0, 0.05) is 6.20 Å². The monoisotopic (exact) mass is 283 g/mol. The molecule has 0 saturated heterocycles. The van der Waals surface area contributed by atoms with Crippen molar-refractivity contribution in [2.75, 3.05) is 6.61 Å². The van der Waals surface area contributed by atoms with Crippen LogP contribution in [-0.2, 0) is 4.74 Å². The normalized spacial score (nSPS) is 10.4. The second kappa shape index (κ2) is 5.41. The predicted molar refractivity (Wildman–Crippen MR) is 68.8 cm³/mol. The molecule has 0 bridgehead atoms. The van der Waals surface area contributed by atoms with Crippen molar-refractivity contribution in [2.24, 2.45) is 0 Å². The first kappa shape index (κ1) is 12.9. The minimum absolute atomic E-state index is 0.274. The number of thiazole rings is 1. The van der Waals surface area contributed by atoms with E-state index in [9.17, 15) is 4.79 Å². The molecule has 0 atom stereocenters. The zero-order valence-corrected chi connectivity index (χ0v) is 11.4. The van der Waals surface area contributed by atoms with E-state index < -0.39 is 5.97 Å². The number of carbonyl (C=O) groups is 1. The lowest BCUT2D eigenvalue weighted by molar-refractivity contribution is 0.0532. The van der Waals surface area contributed by atoms with E-state index in [0.717, 1.165) is 17.0 Å². The molecule has 0 aromatic carbocycles. The second-order valence-corrected chi connectivity index (χ2v) is 4.99. The van der Waals surface area contributed by atoms with Gasteiger partial charge in [0.1, 0.15) is 16.3 Å². The Hall–Kier alpha value is -1.53. The fourth-order valence-corrected chi connectivity index (χ4v) is 2.33. The van der Waals surface area contributed by atoms with Crippen molar-refractivity contribution in [3.05, 3.63) is 27.4 Å². The first-order chi connectivity index (χ1) is 8.61. The third-order valence-electron chi connectivity index (χ3n) is 2.09. The van der Waals surface area contributed by atoms with E-state index in [4.69, 9.17) is 16.3 Å². The largest absolute Gasteiger partial charge is 0.462 e. The van der Waals surface area contributed by atoms with E-state index in [-0.39, 0.29) is 4.47 Å². The zero-order valence-electron chi connectivity index (χ0n) is 9.81. The third kappa shape index (κ3) is 2.65. The molecule has 2 rings (SSSR count). The Morgan fingerprint density at radius 3 is 2.83 bits per heavy atom. The summed E-state index contributed by atoms with van der Waals surface area (Å²) in [6.07, 6.45) is 3.17.